The zero-order valence-corrected chi connectivity index (χ0v) is 21.0. The highest BCUT2D eigenvalue weighted by molar-refractivity contribution is 5.94. The van der Waals surface area contributed by atoms with Crippen molar-refractivity contribution in [3.8, 4) is 0 Å². The Morgan fingerprint density at radius 1 is 1.00 bits per heavy atom. The van der Waals surface area contributed by atoms with Gasteiger partial charge in [0.05, 0.1) is 12.2 Å². The lowest BCUT2D eigenvalue weighted by molar-refractivity contribution is -0.148. The molecule has 0 radical (unpaired) electrons. The Kier molecular flexibility index (Phi) is 8.05. The van der Waals surface area contributed by atoms with Crippen LogP contribution in [0.1, 0.15) is 53.8 Å². The van der Waals surface area contributed by atoms with Gasteiger partial charge in [-0.2, -0.15) is 13.2 Å². The van der Waals surface area contributed by atoms with E-state index in [0.717, 1.165) is 4.57 Å². The topological polar surface area (TPSA) is 102 Å². The summed E-state index contributed by atoms with van der Waals surface area (Å²) in [5, 5.41) is 0. The van der Waals surface area contributed by atoms with E-state index in [2.05, 4.69) is 4.98 Å². The SMILES string of the molecule is CC(=O)C1CCN(C(=O)c2nc(C(F)(F)F)n3c2CN(C(=O)C[C@H](N)Cc2cc(F)c(F)cc2F)CC3)CC1. The molecule has 2 aliphatic heterocycles. The normalized spacial score (nSPS) is 17.2. The van der Waals surface area contributed by atoms with Crippen LogP contribution >= 0.6 is 0 Å². The summed E-state index contributed by atoms with van der Waals surface area (Å²) < 4.78 is 82.7. The second-order valence-corrected chi connectivity index (χ2v) is 9.90. The minimum Gasteiger partial charge on any atom is -0.337 e. The van der Waals surface area contributed by atoms with Gasteiger partial charge >= 0.3 is 6.18 Å². The fourth-order valence-corrected chi connectivity index (χ4v) is 5.04. The third-order valence-electron chi connectivity index (χ3n) is 7.18. The second kappa shape index (κ2) is 11.0. The highest BCUT2D eigenvalue weighted by atomic mass is 19.4. The van der Waals surface area contributed by atoms with E-state index in [1.807, 2.05) is 0 Å². The number of Topliss-reactive ketones (excluding diaryl/α,β-unsaturated/α-hetero) is 1. The fraction of sp³-hybridized carbons (Fsp3) is 0.520. The average molecular weight is 560 g/mol. The molecule has 39 heavy (non-hydrogen) atoms. The van der Waals surface area contributed by atoms with E-state index in [1.54, 1.807) is 0 Å². The lowest BCUT2D eigenvalue weighted by Crippen LogP contribution is -2.43. The molecule has 1 aromatic carbocycles. The van der Waals surface area contributed by atoms with E-state index in [4.69, 9.17) is 5.73 Å². The lowest BCUT2D eigenvalue weighted by Gasteiger charge is -2.32. The minimum absolute atomic E-state index is 0.0134. The molecule has 4 rings (SSSR count). The third kappa shape index (κ3) is 6.10. The molecule has 2 aliphatic rings. The van der Waals surface area contributed by atoms with Crippen LogP contribution in [0.15, 0.2) is 12.1 Å². The Hall–Kier alpha value is -3.42. The maximum absolute atomic E-state index is 14.0. The predicted octanol–water partition coefficient (Wildman–Crippen LogP) is 3.06. The summed E-state index contributed by atoms with van der Waals surface area (Å²) >= 11 is 0. The number of amides is 2. The predicted molar refractivity (Wildman–Crippen MR) is 125 cm³/mol. The number of nitrogens with two attached hydrogens (primary N) is 1. The smallest absolute Gasteiger partial charge is 0.337 e. The number of nitrogens with zero attached hydrogens (tertiary/aromatic N) is 4. The van der Waals surface area contributed by atoms with Crippen LogP contribution < -0.4 is 5.73 Å². The van der Waals surface area contributed by atoms with Gasteiger partial charge in [0.2, 0.25) is 11.7 Å². The number of benzene rings is 1. The van der Waals surface area contributed by atoms with Crippen LogP contribution in [-0.2, 0) is 35.3 Å². The molecule has 0 aliphatic carbocycles. The van der Waals surface area contributed by atoms with E-state index in [9.17, 15) is 40.7 Å². The van der Waals surface area contributed by atoms with Crippen LogP contribution in [0.5, 0.6) is 0 Å². The number of fused-ring (bicyclic) bond motifs is 1. The molecule has 3 heterocycles. The van der Waals surface area contributed by atoms with Crippen molar-refractivity contribution in [1.29, 1.82) is 0 Å². The van der Waals surface area contributed by atoms with E-state index in [0.29, 0.717) is 25.0 Å². The Bertz CT molecular complexity index is 1290. The van der Waals surface area contributed by atoms with Gasteiger partial charge in [0.25, 0.3) is 5.91 Å². The molecule has 2 amide bonds. The van der Waals surface area contributed by atoms with Crippen molar-refractivity contribution in [3.05, 3.63) is 52.4 Å². The van der Waals surface area contributed by atoms with Crippen LogP contribution in [0.2, 0.25) is 0 Å². The molecule has 0 saturated carbocycles. The molecule has 2 aromatic rings. The number of imidazole rings is 1. The fourth-order valence-electron chi connectivity index (χ4n) is 5.04. The molecule has 8 nitrogen and oxygen atoms in total. The quantitative estimate of drug-likeness (QED) is 0.433. The number of hydrogen-bond donors (Lipinski definition) is 1. The van der Waals surface area contributed by atoms with Crippen molar-refractivity contribution in [2.24, 2.45) is 11.7 Å². The number of rotatable bonds is 6. The Labute approximate surface area is 219 Å². The van der Waals surface area contributed by atoms with Gasteiger partial charge in [-0.3, -0.25) is 14.4 Å². The van der Waals surface area contributed by atoms with Crippen molar-refractivity contribution in [1.82, 2.24) is 19.4 Å². The molecule has 0 unspecified atom stereocenters. The van der Waals surface area contributed by atoms with Crippen LogP contribution in [0.4, 0.5) is 26.3 Å². The number of aromatic nitrogens is 2. The summed E-state index contributed by atoms with van der Waals surface area (Å²) in [5.74, 6) is -6.39. The first-order valence-electron chi connectivity index (χ1n) is 12.4. The second-order valence-electron chi connectivity index (χ2n) is 9.90. The van der Waals surface area contributed by atoms with Crippen LogP contribution in [0.3, 0.4) is 0 Å². The monoisotopic (exact) mass is 559 g/mol. The van der Waals surface area contributed by atoms with E-state index in [1.165, 1.54) is 16.7 Å². The number of carbonyl (C=O) groups excluding carboxylic acids is 3. The average Bonchev–Trinajstić information content (AvgIpc) is 3.26. The van der Waals surface area contributed by atoms with E-state index < -0.39 is 53.0 Å². The first-order chi connectivity index (χ1) is 18.3. The van der Waals surface area contributed by atoms with Gasteiger partial charge in [-0.25, -0.2) is 18.2 Å². The molecular formula is C25H27F6N5O3. The molecule has 1 aromatic heterocycles. The zero-order chi connectivity index (χ0) is 28.6. The maximum Gasteiger partial charge on any atom is 0.449 e. The third-order valence-corrected chi connectivity index (χ3v) is 7.18. The van der Waals surface area contributed by atoms with Gasteiger partial charge in [0.15, 0.2) is 17.3 Å². The van der Waals surface area contributed by atoms with Gasteiger partial charge < -0.3 is 20.1 Å². The first kappa shape index (κ1) is 28.6. The standard InChI is InChI=1S/C25H27F6N5O3/c1-13(37)14-2-4-34(5-3-14)23(39)22-20-12-35(6-7-36(20)24(33-22)25(29,30)31)21(38)10-16(32)8-15-9-18(27)19(28)11-17(15)26/h9,11,14,16H,2-8,10,12,32H2,1H3/t16-/m1/s1. The van der Waals surface area contributed by atoms with Gasteiger partial charge in [-0.05, 0) is 37.8 Å². The number of alkyl halides is 3. The molecule has 1 saturated heterocycles. The highest BCUT2D eigenvalue weighted by Crippen LogP contribution is 2.33. The number of likely N-dealkylation sites (tertiary alicyclic amines) is 1. The lowest BCUT2D eigenvalue weighted by atomic mass is 9.93. The molecule has 1 fully saturated rings. The summed E-state index contributed by atoms with van der Waals surface area (Å²) in [6.07, 6.45) is -4.67. The van der Waals surface area contributed by atoms with Gasteiger partial charge in [-0.15, -0.1) is 0 Å². The van der Waals surface area contributed by atoms with Crippen LogP contribution in [0, 0.1) is 23.4 Å². The van der Waals surface area contributed by atoms with E-state index in [-0.39, 0.29) is 68.5 Å². The number of hydrogen-bond acceptors (Lipinski definition) is 5. The Morgan fingerprint density at radius 3 is 2.26 bits per heavy atom. The number of carbonyl (C=O) groups is 3. The minimum atomic E-state index is -4.84. The number of ketones is 1. The first-order valence-corrected chi connectivity index (χ1v) is 12.4. The largest absolute Gasteiger partial charge is 0.449 e. The maximum atomic E-state index is 14.0. The van der Waals surface area contributed by atoms with Gasteiger partial charge in [0.1, 0.15) is 11.6 Å². The Balaban J connectivity index is 1.50. The van der Waals surface area contributed by atoms with Gasteiger partial charge in [-0.1, -0.05) is 0 Å². The summed E-state index contributed by atoms with van der Waals surface area (Å²) in [5.41, 5.74) is 5.26. The molecule has 0 spiro atoms. The molecular weight excluding hydrogens is 532 g/mol. The van der Waals surface area contributed by atoms with Crippen molar-refractivity contribution < 1.29 is 40.7 Å². The number of piperidine rings is 1. The van der Waals surface area contributed by atoms with Crippen molar-refractivity contribution in [2.75, 3.05) is 19.6 Å². The highest BCUT2D eigenvalue weighted by Gasteiger charge is 2.42. The van der Waals surface area contributed by atoms with Crippen molar-refractivity contribution in [3.63, 3.8) is 0 Å². The Morgan fingerprint density at radius 2 is 1.64 bits per heavy atom. The number of halogens is 6. The van der Waals surface area contributed by atoms with Gasteiger partial charge in [0, 0.05) is 50.6 Å². The summed E-state index contributed by atoms with van der Waals surface area (Å²) in [7, 11) is 0. The van der Waals surface area contributed by atoms with Crippen LogP contribution in [-0.4, -0.2) is 62.6 Å². The summed E-state index contributed by atoms with van der Waals surface area (Å²) in [6.45, 7) is 1.11. The molecule has 0 bridgehead atoms. The van der Waals surface area contributed by atoms with Crippen LogP contribution in [0.25, 0.3) is 0 Å². The zero-order valence-electron chi connectivity index (χ0n) is 21.0. The van der Waals surface area contributed by atoms with Crippen molar-refractivity contribution >= 4 is 17.6 Å². The molecule has 14 heteroatoms. The molecule has 1 atom stereocenters. The van der Waals surface area contributed by atoms with E-state index >= 15 is 0 Å². The summed E-state index contributed by atoms with van der Waals surface area (Å²) in [6, 6.07) is 0.0484. The van der Waals surface area contributed by atoms with Crippen molar-refractivity contribution in [2.45, 2.75) is 57.9 Å². The molecule has 2 N–H and O–H groups in total. The summed E-state index contributed by atoms with van der Waals surface area (Å²) in [4.78, 5) is 44.0. The molecule has 212 valence electrons.